The average molecular weight is 370 g/mol. The molecule has 0 aliphatic rings. The van der Waals surface area contributed by atoms with Crippen molar-refractivity contribution in [1.29, 1.82) is 0 Å². The first kappa shape index (κ1) is 17.5. The summed E-state index contributed by atoms with van der Waals surface area (Å²) in [6.45, 7) is -2.04. The molecule has 0 bridgehead atoms. The molecule has 0 nitrogen and oxygen atoms in total. The van der Waals surface area contributed by atoms with Gasteiger partial charge in [-0.3, -0.25) is 0 Å². The maximum atomic E-state index is 13.5. The smallest absolute Gasteiger partial charge is 0.123 e. The summed E-state index contributed by atoms with van der Waals surface area (Å²) in [5.41, 5.74) is 1.03. The summed E-state index contributed by atoms with van der Waals surface area (Å²) in [6, 6.07) is 38.7. The minimum absolute atomic E-state index is 0.213. The third kappa shape index (κ3) is 3.52. The van der Waals surface area contributed by atoms with Gasteiger partial charge in [-0.2, -0.15) is 0 Å². The molecular weight excluding hydrogens is 350 g/mol. The molecule has 4 aromatic rings. The molecule has 4 aromatic carbocycles. The first-order chi connectivity index (χ1) is 13.3. The lowest BCUT2D eigenvalue weighted by molar-refractivity contribution is 0.628. The van der Waals surface area contributed by atoms with Gasteiger partial charge in [0.1, 0.15) is 5.82 Å². The van der Waals surface area contributed by atoms with Crippen molar-refractivity contribution < 1.29 is 4.39 Å². The molecule has 0 atom stereocenters. The van der Waals surface area contributed by atoms with Crippen LogP contribution in [0.3, 0.4) is 0 Å². The molecule has 0 fully saturated rings. The van der Waals surface area contributed by atoms with Crippen LogP contribution < -0.4 is 15.9 Å². The molecule has 2 heteroatoms. The fraction of sp³-hybridized carbons (Fsp3) is 0. The molecule has 0 aromatic heterocycles. The molecule has 0 amide bonds. The molecule has 0 N–H and O–H groups in total. The summed E-state index contributed by atoms with van der Waals surface area (Å²) in [6.07, 6.45) is 0. The first-order valence-corrected chi connectivity index (χ1v) is 10.8. The van der Waals surface area contributed by atoms with Crippen LogP contribution in [-0.2, 0) is 0 Å². The molecule has 0 radical (unpaired) electrons. The van der Waals surface area contributed by atoms with Gasteiger partial charge in [0.15, 0.2) is 0 Å². The second kappa shape index (κ2) is 7.78. The van der Waals surface area contributed by atoms with Crippen LogP contribution in [0.2, 0.25) is 0 Å². The molecule has 0 aliphatic heterocycles. The van der Waals surface area contributed by atoms with Crippen molar-refractivity contribution in [3.05, 3.63) is 127 Å². The third-order valence-electron chi connectivity index (χ3n) is 4.70. The highest BCUT2D eigenvalue weighted by molar-refractivity contribution is 7.94. The Kier molecular flexibility index (Phi) is 5.05. The summed E-state index contributed by atoms with van der Waals surface area (Å²) >= 11 is 0. The van der Waals surface area contributed by atoms with Gasteiger partial charge in [-0.1, -0.05) is 103 Å². The Morgan fingerprint density at radius 1 is 0.481 bits per heavy atom. The minimum atomic E-state index is -2.04. The number of hydrogen-bond donors (Lipinski definition) is 0. The van der Waals surface area contributed by atoms with E-state index >= 15 is 0 Å². The van der Waals surface area contributed by atoms with E-state index in [1.807, 2.05) is 30.3 Å². The van der Waals surface area contributed by atoms with Crippen molar-refractivity contribution in [2.75, 3.05) is 0 Å². The highest BCUT2D eigenvalue weighted by Gasteiger charge is 2.24. The lowest BCUT2D eigenvalue weighted by Gasteiger charge is -2.29. The SMILES string of the molecule is Fc1ccc(C=P(c2ccccc2)(c2ccccc2)c2ccccc2)cc1. The van der Waals surface area contributed by atoms with Gasteiger partial charge in [0.25, 0.3) is 0 Å². The Morgan fingerprint density at radius 2 is 0.852 bits per heavy atom. The predicted molar refractivity (Wildman–Crippen MR) is 117 cm³/mol. The predicted octanol–water partition coefficient (Wildman–Crippen LogP) is 4.97. The molecule has 0 heterocycles. The summed E-state index contributed by atoms with van der Waals surface area (Å²) in [5.74, 6) is 2.13. The van der Waals surface area contributed by atoms with Crippen LogP contribution in [0.25, 0.3) is 0 Å². The van der Waals surface area contributed by atoms with Crippen molar-refractivity contribution >= 4 is 28.6 Å². The summed E-state index contributed by atoms with van der Waals surface area (Å²) in [7, 11) is 0. The Hall–Kier alpha value is -2.89. The zero-order valence-corrected chi connectivity index (χ0v) is 15.8. The van der Waals surface area contributed by atoms with Crippen molar-refractivity contribution in [2.24, 2.45) is 0 Å². The Morgan fingerprint density at radius 3 is 1.22 bits per heavy atom. The highest BCUT2D eigenvalue weighted by atomic mass is 31.2. The van der Waals surface area contributed by atoms with Gasteiger partial charge in [0.2, 0.25) is 0 Å². The van der Waals surface area contributed by atoms with Gasteiger partial charge < -0.3 is 0 Å². The van der Waals surface area contributed by atoms with E-state index in [0.717, 1.165) is 5.56 Å². The quantitative estimate of drug-likeness (QED) is 0.445. The van der Waals surface area contributed by atoms with Crippen LogP contribution in [-0.4, -0.2) is 5.80 Å². The number of benzene rings is 4. The van der Waals surface area contributed by atoms with Gasteiger partial charge in [0.05, 0.1) is 0 Å². The maximum Gasteiger partial charge on any atom is 0.123 e. The van der Waals surface area contributed by atoms with Crippen LogP contribution in [0.5, 0.6) is 0 Å². The van der Waals surface area contributed by atoms with Gasteiger partial charge >= 0.3 is 0 Å². The molecule has 132 valence electrons. The molecule has 0 spiro atoms. The Balaban J connectivity index is 2.11. The van der Waals surface area contributed by atoms with Gasteiger partial charge in [-0.05, 0) is 46.3 Å². The molecule has 0 saturated carbocycles. The molecular formula is C25H20FP. The lowest BCUT2D eigenvalue weighted by Crippen LogP contribution is -2.27. The van der Waals surface area contributed by atoms with Crippen molar-refractivity contribution in [3.63, 3.8) is 0 Å². The van der Waals surface area contributed by atoms with Crippen LogP contribution in [0.15, 0.2) is 115 Å². The molecule has 0 saturated heterocycles. The van der Waals surface area contributed by atoms with E-state index in [0.29, 0.717) is 0 Å². The average Bonchev–Trinajstić information content (AvgIpc) is 2.75. The van der Waals surface area contributed by atoms with E-state index in [-0.39, 0.29) is 5.82 Å². The van der Waals surface area contributed by atoms with E-state index in [4.69, 9.17) is 0 Å². The number of hydrogen-bond acceptors (Lipinski definition) is 0. The number of halogens is 1. The lowest BCUT2D eigenvalue weighted by atomic mass is 10.2. The van der Waals surface area contributed by atoms with Crippen molar-refractivity contribution in [2.45, 2.75) is 0 Å². The molecule has 0 aliphatic carbocycles. The minimum Gasteiger partial charge on any atom is -0.207 e. The van der Waals surface area contributed by atoms with Gasteiger partial charge in [-0.15, -0.1) is 0 Å². The molecule has 0 unspecified atom stereocenters. The van der Waals surface area contributed by atoms with Crippen molar-refractivity contribution in [3.8, 4) is 0 Å². The number of rotatable bonds is 4. The van der Waals surface area contributed by atoms with E-state index in [1.54, 1.807) is 0 Å². The van der Waals surface area contributed by atoms with E-state index in [1.165, 1.54) is 28.0 Å². The van der Waals surface area contributed by atoms with Crippen LogP contribution in [0.4, 0.5) is 4.39 Å². The van der Waals surface area contributed by atoms with E-state index in [9.17, 15) is 4.39 Å². The van der Waals surface area contributed by atoms with Crippen molar-refractivity contribution in [1.82, 2.24) is 0 Å². The topological polar surface area (TPSA) is 0 Å². The standard InChI is InChI=1S/C25H20FP/c26-22-18-16-21(17-19-22)20-27(23-10-4-1-5-11-23,24-12-6-2-7-13-24)25-14-8-3-9-15-25/h1-20H. The monoisotopic (exact) mass is 370 g/mol. The summed E-state index contributed by atoms with van der Waals surface area (Å²) in [5, 5.41) is 3.85. The summed E-state index contributed by atoms with van der Waals surface area (Å²) in [4.78, 5) is 0. The normalized spacial score (nSPS) is 11.1. The second-order valence-electron chi connectivity index (χ2n) is 6.41. The zero-order valence-electron chi connectivity index (χ0n) is 14.9. The van der Waals surface area contributed by atoms with Crippen LogP contribution >= 0.6 is 6.89 Å². The summed E-state index contributed by atoms with van der Waals surface area (Å²) < 4.78 is 13.5. The fourth-order valence-electron chi connectivity index (χ4n) is 3.43. The first-order valence-electron chi connectivity index (χ1n) is 8.96. The molecule has 27 heavy (non-hydrogen) atoms. The van der Waals surface area contributed by atoms with Gasteiger partial charge in [-0.25, -0.2) is 4.39 Å². The van der Waals surface area contributed by atoms with E-state index in [2.05, 4.69) is 78.6 Å². The van der Waals surface area contributed by atoms with Crippen LogP contribution in [0.1, 0.15) is 5.56 Å². The van der Waals surface area contributed by atoms with E-state index < -0.39 is 6.89 Å². The van der Waals surface area contributed by atoms with Crippen LogP contribution in [0, 0.1) is 5.82 Å². The Labute approximate surface area is 159 Å². The zero-order chi connectivity index (χ0) is 18.5. The maximum absolute atomic E-state index is 13.5. The highest BCUT2D eigenvalue weighted by Crippen LogP contribution is 2.44. The Bertz CT molecular complexity index is 950. The largest absolute Gasteiger partial charge is 0.207 e. The fourth-order valence-corrected chi connectivity index (χ4v) is 7.32. The third-order valence-corrected chi connectivity index (χ3v) is 8.73. The van der Waals surface area contributed by atoms with Gasteiger partial charge in [0, 0.05) is 0 Å². The second-order valence-corrected chi connectivity index (χ2v) is 9.66. The molecule has 4 rings (SSSR count).